The molecule has 9 heteroatoms. The van der Waals surface area contributed by atoms with E-state index >= 15 is 0 Å². The molecular weight excluding hydrogens is 508 g/mol. The summed E-state index contributed by atoms with van der Waals surface area (Å²) in [5, 5.41) is 0.0915. The molecule has 1 aliphatic heterocycles. The largest absolute Gasteiger partial charge is 0.493 e. The van der Waals surface area contributed by atoms with E-state index in [4.69, 9.17) is 9.47 Å². The van der Waals surface area contributed by atoms with Crippen LogP contribution in [-0.2, 0) is 14.8 Å². The van der Waals surface area contributed by atoms with Gasteiger partial charge in [0.1, 0.15) is 0 Å². The van der Waals surface area contributed by atoms with Crippen LogP contribution in [0.4, 0.5) is 0 Å². The van der Waals surface area contributed by atoms with Gasteiger partial charge in [0, 0.05) is 6.54 Å². The number of carbonyl (C=O) groups excluding carboxylic acids is 1. The summed E-state index contributed by atoms with van der Waals surface area (Å²) < 4.78 is 41.2. The van der Waals surface area contributed by atoms with E-state index in [9.17, 15) is 13.2 Å². The van der Waals surface area contributed by atoms with Crippen molar-refractivity contribution in [2.24, 2.45) is 4.40 Å². The maximum Gasteiger partial charge on any atom is 0.284 e. The number of aryl methyl sites for hydroxylation is 1. The Bertz CT molecular complexity index is 1270. The summed E-state index contributed by atoms with van der Waals surface area (Å²) in [7, 11) is -2.41. The van der Waals surface area contributed by atoms with Crippen molar-refractivity contribution in [3.8, 4) is 11.5 Å². The predicted octanol–water partition coefficient (Wildman–Crippen LogP) is 6.20. The van der Waals surface area contributed by atoms with E-state index in [1.165, 1.54) is 42.4 Å². The van der Waals surface area contributed by atoms with Crippen molar-refractivity contribution in [3.63, 3.8) is 0 Å². The van der Waals surface area contributed by atoms with Crippen LogP contribution >= 0.6 is 11.8 Å². The Morgan fingerprint density at radius 3 is 2.46 bits per heavy atom. The number of sulfonamides is 1. The molecular formula is C28H34N2O5S2. The Labute approximate surface area is 224 Å². The average molecular weight is 543 g/mol. The van der Waals surface area contributed by atoms with E-state index in [-0.39, 0.29) is 22.5 Å². The first-order valence-electron chi connectivity index (χ1n) is 12.3. The molecule has 1 amide bonds. The van der Waals surface area contributed by atoms with E-state index in [0.29, 0.717) is 23.0 Å². The normalized spacial score (nSPS) is 16.0. The van der Waals surface area contributed by atoms with Crippen molar-refractivity contribution in [2.75, 3.05) is 20.3 Å². The number of amides is 1. The predicted molar refractivity (Wildman–Crippen MR) is 151 cm³/mol. The van der Waals surface area contributed by atoms with Crippen LogP contribution in [0.3, 0.4) is 0 Å². The van der Waals surface area contributed by atoms with E-state index < -0.39 is 10.0 Å². The van der Waals surface area contributed by atoms with Crippen LogP contribution in [-0.4, -0.2) is 44.7 Å². The van der Waals surface area contributed by atoms with Crippen molar-refractivity contribution in [1.82, 2.24) is 4.90 Å². The molecule has 0 unspecified atom stereocenters. The zero-order valence-electron chi connectivity index (χ0n) is 21.6. The molecule has 1 aliphatic rings. The maximum absolute atomic E-state index is 13.1. The lowest BCUT2D eigenvalue weighted by molar-refractivity contribution is -0.121. The molecule has 0 N–H and O–H groups in total. The zero-order chi connectivity index (χ0) is 26.8. The van der Waals surface area contributed by atoms with Gasteiger partial charge in [-0.2, -0.15) is 8.42 Å². The number of rotatable bonds is 13. The number of carbonyl (C=O) groups is 1. The van der Waals surface area contributed by atoms with Gasteiger partial charge in [0.15, 0.2) is 16.7 Å². The van der Waals surface area contributed by atoms with Gasteiger partial charge in [-0.15, -0.1) is 11.0 Å². The number of unbranched alkanes of at least 4 members (excludes halogenated alkanes) is 4. The molecule has 2 aromatic carbocycles. The van der Waals surface area contributed by atoms with Crippen molar-refractivity contribution in [3.05, 3.63) is 71.2 Å². The lowest BCUT2D eigenvalue weighted by Crippen LogP contribution is -2.29. The second-order valence-corrected chi connectivity index (χ2v) is 11.3. The monoisotopic (exact) mass is 542 g/mol. The molecule has 0 atom stereocenters. The molecule has 0 spiro atoms. The van der Waals surface area contributed by atoms with Crippen LogP contribution in [0.25, 0.3) is 6.08 Å². The van der Waals surface area contributed by atoms with Crippen molar-refractivity contribution >= 4 is 38.9 Å². The lowest BCUT2D eigenvalue weighted by atomic mass is 10.1. The summed E-state index contributed by atoms with van der Waals surface area (Å²) in [5.74, 6) is 0.874. The summed E-state index contributed by atoms with van der Waals surface area (Å²) in [4.78, 5) is 14.9. The fraction of sp³-hybridized carbons (Fsp3) is 0.357. The fourth-order valence-electron chi connectivity index (χ4n) is 3.67. The highest BCUT2D eigenvalue weighted by atomic mass is 32.2. The smallest absolute Gasteiger partial charge is 0.284 e. The van der Waals surface area contributed by atoms with E-state index in [0.717, 1.165) is 35.7 Å². The van der Waals surface area contributed by atoms with Gasteiger partial charge in [-0.1, -0.05) is 62.4 Å². The van der Waals surface area contributed by atoms with Gasteiger partial charge >= 0.3 is 0 Å². The Kier molecular flexibility index (Phi) is 10.4. The minimum atomic E-state index is -3.99. The number of ether oxygens (including phenoxy) is 2. The van der Waals surface area contributed by atoms with Gasteiger partial charge in [-0.25, -0.2) is 0 Å². The van der Waals surface area contributed by atoms with Gasteiger partial charge < -0.3 is 9.47 Å². The summed E-state index contributed by atoms with van der Waals surface area (Å²) in [5.41, 5.74) is 1.67. The SMILES string of the molecule is C=CCN1C(=O)/C(=C/c2ccc(OC)c(OCCCCCCC)c2)SC1=NS(=O)(=O)c1ccc(C)cc1. The highest BCUT2D eigenvalue weighted by Gasteiger charge is 2.34. The lowest BCUT2D eigenvalue weighted by Gasteiger charge is -2.12. The van der Waals surface area contributed by atoms with Gasteiger partial charge in [0.25, 0.3) is 15.9 Å². The molecule has 0 radical (unpaired) electrons. The average Bonchev–Trinajstić information content (AvgIpc) is 3.15. The fourth-order valence-corrected chi connectivity index (χ4v) is 5.86. The topological polar surface area (TPSA) is 85.3 Å². The van der Waals surface area contributed by atoms with Crippen LogP contribution < -0.4 is 9.47 Å². The molecule has 1 saturated heterocycles. The van der Waals surface area contributed by atoms with E-state index in [1.807, 2.05) is 19.1 Å². The Hall–Kier alpha value is -3.04. The zero-order valence-corrected chi connectivity index (χ0v) is 23.2. The number of hydrogen-bond donors (Lipinski definition) is 0. The molecule has 0 bridgehead atoms. The minimum Gasteiger partial charge on any atom is -0.493 e. The maximum atomic E-state index is 13.1. The van der Waals surface area contributed by atoms with E-state index in [1.54, 1.807) is 31.4 Å². The molecule has 0 aromatic heterocycles. The number of nitrogens with zero attached hydrogens (tertiary/aromatic N) is 2. The molecule has 2 aromatic rings. The van der Waals surface area contributed by atoms with Crippen LogP contribution in [0, 0.1) is 6.92 Å². The minimum absolute atomic E-state index is 0.0706. The third-order valence-electron chi connectivity index (χ3n) is 5.71. The van der Waals surface area contributed by atoms with Crippen LogP contribution in [0.5, 0.6) is 11.5 Å². The highest BCUT2D eigenvalue weighted by Crippen LogP contribution is 2.35. The highest BCUT2D eigenvalue weighted by molar-refractivity contribution is 8.19. The molecule has 1 heterocycles. The Balaban J connectivity index is 1.84. The first kappa shape index (κ1) is 28.5. The number of methoxy groups -OCH3 is 1. The summed E-state index contributed by atoms with van der Waals surface area (Å²) in [6.45, 7) is 8.47. The number of hydrogen-bond acceptors (Lipinski definition) is 6. The first-order valence-corrected chi connectivity index (χ1v) is 14.6. The molecule has 0 saturated carbocycles. The standard InChI is InChI=1S/C28H34N2O5S2/c1-5-7-8-9-10-18-35-25-19-22(13-16-24(25)34-4)20-26-27(31)30(17-6-2)28(36-26)29-37(32,33)23-14-11-21(3)12-15-23/h6,11-16,19-20H,2,5,7-10,17-18H2,1,3-4H3/b26-20-,29-28?. The number of thioether (sulfide) groups is 1. The molecule has 7 nitrogen and oxygen atoms in total. The van der Waals surface area contributed by atoms with E-state index in [2.05, 4.69) is 17.9 Å². The third-order valence-corrected chi connectivity index (χ3v) is 8.11. The third kappa shape index (κ3) is 7.72. The molecule has 198 valence electrons. The van der Waals surface area contributed by atoms with Gasteiger partial charge in [0.05, 0.1) is 23.5 Å². The second kappa shape index (κ2) is 13.5. The van der Waals surface area contributed by atoms with Crippen LogP contribution in [0.2, 0.25) is 0 Å². The summed E-state index contributed by atoms with van der Waals surface area (Å²) >= 11 is 1.02. The quantitative estimate of drug-likeness (QED) is 0.170. The van der Waals surface area contributed by atoms with Crippen LogP contribution in [0.15, 0.2) is 69.3 Å². The Morgan fingerprint density at radius 2 is 1.78 bits per heavy atom. The molecule has 37 heavy (non-hydrogen) atoms. The van der Waals surface area contributed by atoms with Crippen molar-refractivity contribution < 1.29 is 22.7 Å². The van der Waals surface area contributed by atoms with Crippen molar-refractivity contribution in [2.45, 2.75) is 50.8 Å². The molecule has 3 rings (SSSR count). The first-order chi connectivity index (χ1) is 17.8. The Morgan fingerprint density at radius 1 is 1.05 bits per heavy atom. The van der Waals surface area contributed by atoms with Gasteiger partial charge in [0.2, 0.25) is 0 Å². The van der Waals surface area contributed by atoms with Crippen LogP contribution in [0.1, 0.15) is 50.2 Å². The van der Waals surface area contributed by atoms with Gasteiger partial charge in [-0.3, -0.25) is 9.69 Å². The second-order valence-electron chi connectivity index (χ2n) is 8.65. The molecule has 0 aliphatic carbocycles. The molecule has 1 fully saturated rings. The number of benzene rings is 2. The van der Waals surface area contributed by atoms with Gasteiger partial charge in [-0.05, 0) is 61.0 Å². The summed E-state index contributed by atoms with van der Waals surface area (Å²) in [6, 6.07) is 11.9. The summed E-state index contributed by atoms with van der Waals surface area (Å²) in [6.07, 6.45) is 8.90. The number of amidine groups is 1. The van der Waals surface area contributed by atoms with Crippen molar-refractivity contribution in [1.29, 1.82) is 0 Å².